The van der Waals surface area contributed by atoms with Gasteiger partial charge in [0.15, 0.2) is 0 Å². The Morgan fingerprint density at radius 1 is 0.533 bits per heavy atom. The minimum atomic E-state index is 0.300. The van der Waals surface area contributed by atoms with Crippen molar-refractivity contribution in [2.75, 3.05) is 0 Å². The summed E-state index contributed by atoms with van der Waals surface area (Å²) in [6, 6.07) is 0. The third kappa shape index (κ3) is 6.83. The van der Waals surface area contributed by atoms with Crippen LogP contribution in [0.3, 0.4) is 0 Å². The first-order chi connectivity index (χ1) is 7.50. The van der Waals surface area contributed by atoms with E-state index in [0.29, 0.717) is 8.58 Å². The van der Waals surface area contributed by atoms with E-state index < -0.39 is 0 Å². The van der Waals surface area contributed by atoms with Crippen LogP contribution in [0.15, 0.2) is 47.2 Å². The Kier molecular flexibility index (Phi) is 5.98. The van der Waals surface area contributed by atoms with E-state index in [9.17, 15) is 0 Å². The van der Waals surface area contributed by atoms with Crippen LogP contribution >= 0.6 is 8.58 Å². The molecule has 0 unspecified atom stereocenters. The van der Waals surface area contributed by atoms with Gasteiger partial charge in [-0.05, 0) is 0 Å². The maximum atomic E-state index is 2.88. The molecule has 0 nitrogen and oxygen atoms in total. The van der Waals surface area contributed by atoms with Crippen LogP contribution in [0, 0.1) is 35.0 Å². The average Bonchev–Trinajstić information content (AvgIpc) is 2.27. The largest absolute Gasteiger partial charge is 0.0609 e. The Balaban J connectivity index is 3.02. The Hall–Kier alpha value is -2.29. The van der Waals surface area contributed by atoms with Gasteiger partial charge in [-0.1, -0.05) is 57.9 Å². The fourth-order valence-corrected chi connectivity index (χ4v) is 0.921. The summed E-state index contributed by atoms with van der Waals surface area (Å²) in [4.78, 5) is 0. The van der Waals surface area contributed by atoms with Crippen molar-refractivity contribution in [3.05, 3.63) is 47.2 Å². The molecule has 66 valence electrons. The summed E-state index contributed by atoms with van der Waals surface area (Å²) in [6.07, 6.45) is 6.32. The van der Waals surface area contributed by atoms with Gasteiger partial charge in [0.25, 0.3) is 0 Å². The summed E-state index contributed by atoms with van der Waals surface area (Å²) in [5.74, 6) is 11.0. The quantitative estimate of drug-likeness (QED) is 0.323. The van der Waals surface area contributed by atoms with Gasteiger partial charge in [0.2, 0.25) is 0 Å². The predicted octanol–water partition coefficient (Wildman–Crippen LogP) is 2.34. The van der Waals surface area contributed by atoms with Crippen molar-refractivity contribution >= 4 is 8.58 Å². The fraction of sp³-hybridized carbons (Fsp3) is 0. The molecule has 0 aliphatic carbocycles. The van der Waals surface area contributed by atoms with Crippen LogP contribution in [-0.2, 0) is 0 Å². The number of hydrogen-bond acceptors (Lipinski definition) is 0. The number of allylic oxidation sites excluding steroid dienone is 4. The standard InChI is InChI=1S/C14H5P/c1-2-4-6-8-10-12-14-15-13-11-9-7-5-3-1/h3-4,9-10,15H. The molecule has 0 aromatic heterocycles. The van der Waals surface area contributed by atoms with Crippen molar-refractivity contribution in [1.82, 2.24) is 0 Å². The SMILES string of the molecule is C1=C=CC#CPC#CC=C=C=CC#CC=1. The van der Waals surface area contributed by atoms with Gasteiger partial charge in [-0.2, -0.15) is 0 Å². The molecule has 0 fully saturated rings. The summed E-state index contributed by atoms with van der Waals surface area (Å²) >= 11 is 0. The molecule has 15 heavy (non-hydrogen) atoms. The highest BCUT2D eigenvalue weighted by Crippen LogP contribution is 2.01. The lowest BCUT2D eigenvalue weighted by Crippen LogP contribution is -1.45. The monoisotopic (exact) mass is 204 g/mol. The van der Waals surface area contributed by atoms with Crippen molar-refractivity contribution in [3.8, 4) is 35.0 Å². The van der Waals surface area contributed by atoms with Crippen molar-refractivity contribution in [1.29, 1.82) is 0 Å². The van der Waals surface area contributed by atoms with Crippen molar-refractivity contribution < 1.29 is 0 Å². The third-order valence-corrected chi connectivity index (χ3v) is 1.64. The summed E-state index contributed by atoms with van der Waals surface area (Å²) in [7, 11) is 0.300. The van der Waals surface area contributed by atoms with Gasteiger partial charge in [-0.15, -0.1) is 0 Å². The Morgan fingerprint density at radius 2 is 0.933 bits per heavy atom. The Morgan fingerprint density at radius 3 is 1.40 bits per heavy atom. The van der Waals surface area contributed by atoms with Crippen LogP contribution in [0.2, 0.25) is 0 Å². The third-order valence-electron chi connectivity index (χ3n) is 1.10. The second-order valence-electron chi connectivity index (χ2n) is 2.11. The van der Waals surface area contributed by atoms with Crippen LogP contribution in [0.4, 0.5) is 0 Å². The summed E-state index contributed by atoms with van der Waals surface area (Å²) in [6.45, 7) is 0. The van der Waals surface area contributed by atoms with Crippen molar-refractivity contribution in [2.24, 2.45) is 0 Å². The van der Waals surface area contributed by atoms with Gasteiger partial charge < -0.3 is 0 Å². The van der Waals surface area contributed by atoms with E-state index in [1.165, 1.54) is 0 Å². The molecule has 0 amide bonds. The smallest absolute Gasteiger partial charge is 0.0390 e. The van der Waals surface area contributed by atoms with Crippen LogP contribution < -0.4 is 0 Å². The van der Waals surface area contributed by atoms with Crippen LogP contribution in [0.25, 0.3) is 0 Å². The molecule has 0 aromatic carbocycles. The van der Waals surface area contributed by atoms with Gasteiger partial charge >= 0.3 is 0 Å². The fourth-order valence-electron chi connectivity index (χ4n) is 0.570. The zero-order chi connectivity index (χ0) is 10.6. The van der Waals surface area contributed by atoms with Crippen LogP contribution in [0.5, 0.6) is 0 Å². The molecule has 1 aliphatic heterocycles. The minimum Gasteiger partial charge on any atom is -0.0609 e. The van der Waals surface area contributed by atoms with Gasteiger partial charge in [0.05, 0.1) is 0 Å². The van der Waals surface area contributed by atoms with E-state index in [4.69, 9.17) is 0 Å². The molecular formula is C14H5P. The molecule has 0 radical (unpaired) electrons. The molecule has 0 saturated carbocycles. The predicted molar refractivity (Wildman–Crippen MR) is 64.0 cm³/mol. The van der Waals surface area contributed by atoms with E-state index in [1.54, 1.807) is 24.3 Å². The minimum absolute atomic E-state index is 0.300. The van der Waals surface area contributed by atoms with E-state index in [-0.39, 0.29) is 0 Å². The molecule has 0 aromatic rings. The second-order valence-corrected chi connectivity index (χ2v) is 2.86. The zero-order valence-corrected chi connectivity index (χ0v) is 8.81. The van der Waals surface area contributed by atoms with Gasteiger partial charge in [0.1, 0.15) is 0 Å². The van der Waals surface area contributed by atoms with E-state index in [1.807, 2.05) is 0 Å². The zero-order valence-electron chi connectivity index (χ0n) is 7.81. The van der Waals surface area contributed by atoms with Gasteiger partial charge in [-0.25, -0.2) is 0 Å². The summed E-state index contributed by atoms with van der Waals surface area (Å²) in [5.41, 5.74) is 16.7. The lowest BCUT2D eigenvalue weighted by molar-refractivity contribution is 2.08. The van der Waals surface area contributed by atoms with Crippen molar-refractivity contribution in [3.63, 3.8) is 0 Å². The highest BCUT2D eigenvalue weighted by Gasteiger charge is 1.63. The van der Waals surface area contributed by atoms with E-state index >= 15 is 0 Å². The second kappa shape index (κ2) is 8.31. The first kappa shape index (κ1) is 10.8. The van der Waals surface area contributed by atoms with E-state index in [0.717, 1.165) is 0 Å². The lowest BCUT2D eigenvalue weighted by Gasteiger charge is -1.65. The summed E-state index contributed by atoms with van der Waals surface area (Å²) in [5, 5.41) is 0. The lowest BCUT2D eigenvalue weighted by atomic mass is 10.5. The van der Waals surface area contributed by atoms with Crippen molar-refractivity contribution in [2.45, 2.75) is 0 Å². The number of rotatable bonds is 0. The number of hydrogen-bond donors (Lipinski definition) is 0. The van der Waals surface area contributed by atoms with Gasteiger partial charge in [0, 0.05) is 32.9 Å². The molecule has 1 heterocycles. The van der Waals surface area contributed by atoms with Gasteiger partial charge in [-0.3, -0.25) is 0 Å². The maximum absolute atomic E-state index is 2.88. The molecule has 0 spiro atoms. The molecule has 0 atom stereocenters. The molecule has 1 heteroatoms. The first-order valence-electron chi connectivity index (χ1n) is 4.06. The summed E-state index contributed by atoms with van der Waals surface area (Å²) < 4.78 is 0. The maximum Gasteiger partial charge on any atom is 0.0390 e. The molecular weight excluding hydrogens is 199 g/mol. The van der Waals surface area contributed by atoms with Crippen LogP contribution in [0.1, 0.15) is 0 Å². The molecule has 0 saturated heterocycles. The molecule has 1 rings (SSSR count). The average molecular weight is 204 g/mol. The molecule has 0 N–H and O–H groups in total. The Bertz CT molecular complexity index is 548. The highest BCUT2D eigenvalue weighted by molar-refractivity contribution is 7.49. The molecule has 1 aliphatic rings. The van der Waals surface area contributed by atoms with E-state index in [2.05, 4.69) is 57.9 Å². The van der Waals surface area contributed by atoms with Crippen LogP contribution in [-0.4, -0.2) is 0 Å². The highest BCUT2D eigenvalue weighted by atomic mass is 31.1. The Labute approximate surface area is 91.3 Å². The molecule has 0 bridgehead atoms. The topological polar surface area (TPSA) is 0 Å². The first-order valence-corrected chi connectivity index (χ1v) is 5.06. The normalized spacial score (nSPS) is 12.8.